The molecule has 1 aromatic carbocycles. The average molecular weight is 258 g/mol. The number of aromatic nitrogens is 2. The van der Waals surface area contributed by atoms with E-state index in [1.807, 2.05) is 0 Å². The van der Waals surface area contributed by atoms with E-state index in [0.29, 0.717) is 23.2 Å². The van der Waals surface area contributed by atoms with Gasteiger partial charge in [0.1, 0.15) is 11.5 Å². The first-order chi connectivity index (χ1) is 9.20. The van der Waals surface area contributed by atoms with Crippen LogP contribution in [0.15, 0.2) is 42.6 Å². The summed E-state index contributed by atoms with van der Waals surface area (Å²) >= 11 is 0. The minimum absolute atomic E-state index is 0.264. The number of halogens is 2. The zero-order chi connectivity index (χ0) is 13.4. The van der Waals surface area contributed by atoms with Crippen LogP contribution < -0.4 is 0 Å². The molecule has 19 heavy (non-hydrogen) atoms. The monoisotopic (exact) mass is 258 g/mol. The number of pyridine rings is 1. The van der Waals surface area contributed by atoms with Crippen LogP contribution in [0.1, 0.15) is 10.5 Å². The van der Waals surface area contributed by atoms with Gasteiger partial charge in [0, 0.05) is 11.8 Å². The lowest BCUT2D eigenvalue weighted by molar-refractivity contribution is 0.112. The van der Waals surface area contributed by atoms with E-state index in [4.69, 9.17) is 0 Å². The van der Waals surface area contributed by atoms with E-state index in [1.165, 1.54) is 6.07 Å². The summed E-state index contributed by atoms with van der Waals surface area (Å²) in [7, 11) is 0. The van der Waals surface area contributed by atoms with Crippen molar-refractivity contribution in [2.45, 2.75) is 0 Å². The van der Waals surface area contributed by atoms with Crippen LogP contribution in [0.2, 0.25) is 0 Å². The minimum Gasteiger partial charge on any atom is -0.299 e. The zero-order valence-electron chi connectivity index (χ0n) is 9.68. The lowest BCUT2D eigenvalue weighted by atomic mass is 10.2. The number of benzene rings is 1. The van der Waals surface area contributed by atoms with Crippen molar-refractivity contribution < 1.29 is 13.6 Å². The van der Waals surface area contributed by atoms with Gasteiger partial charge < -0.3 is 0 Å². The van der Waals surface area contributed by atoms with E-state index < -0.39 is 11.6 Å². The molecule has 0 fully saturated rings. The number of carbonyl (C=O) groups excluding carboxylic acids is 1. The Hall–Kier alpha value is -2.56. The quantitative estimate of drug-likeness (QED) is 0.662. The Bertz CT molecular complexity index is 780. The largest absolute Gasteiger partial charge is 0.299 e. The van der Waals surface area contributed by atoms with Gasteiger partial charge in [-0.15, -0.1) is 0 Å². The predicted octanol–water partition coefficient (Wildman–Crippen LogP) is 3.09. The van der Waals surface area contributed by atoms with Gasteiger partial charge in [0.25, 0.3) is 0 Å². The van der Waals surface area contributed by atoms with Crippen molar-refractivity contribution in [3.05, 3.63) is 59.9 Å². The summed E-state index contributed by atoms with van der Waals surface area (Å²) in [4.78, 5) is 15.1. The molecular formula is C14H8F2N2O. The van der Waals surface area contributed by atoms with Gasteiger partial charge in [-0.1, -0.05) is 6.07 Å². The van der Waals surface area contributed by atoms with E-state index >= 15 is 0 Å². The number of fused-ring (bicyclic) bond motifs is 1. The Morgan fingerprint density at radius 1 is 1.11 bits per heavy atom. The summed E-state index contributed by atoms with van der Waals surface area (Å²) in [6.07, 6.45) is 2.35. The number of aldehydes is 1. The summed E-state index contributed by atoms with van der Waals surface area (Å²) < 4.78 is 27.9. The van der Waals surface area contributed by atoms with Crippen LogP contribution in [0, 0.1) is 11.6 Å². The molecule has 2 aromatic heterocycles. The van der Waals surface area contributed by atoms with Crippen molar-refractivity contribution in [2.75, 3.05) is 0 Å². The highest BCUT2D eigenvalue weighted by molar-refractivity contribution is 5.85. The summed E-state index contributed by atoms with van der Waals surface area (Å²) in [5.41, 5.74) is 1.30. The van der Waals surface area contributed by atoms with Crippen molar-refractivity contribution in [3.63, 3.8) is 0 Å². The maximum atomic E-state index is 13.3. The lowest BCUT2D eigenvalue weighted by Crippen LogP contribution is -1.91. The van der Waals surface area contributed by atoms with Gasteiger partial charge in [-0.2, -0.15) is 0 Å². The van der Waals surface area contributed by atoms with Gasteiger partial charge in [0.2, 0.25) is 0 Å². The van der Waals surface area contributed by atoms with E-state index in [1.54, 1.807) is 28.8 Å². The van der Waals surface area contributed by atoms with Crippen LogP contribution in [0.5, 0.6) is 0 Å². The molecule has 3 rings (SSSR count). The molecule has 0 N–H and O–H groups in total. The Labute approximate surface area is 107 Å². The van der Waals surface area contributed by atoms with Gasteiger partial charge >= 0.3 is 0 Å². The highest BCUT2D eigenvalue weighted by Gasteiger charge is 2.13. The summed E-state index contributed by atoms with van der Waals surface area (Å²) in [6, 6.07) is 8.81. The van der Waals surface area contributed by atoms with Gasteiger partial charge in [0.15, 0.2) is 17.9 Å². The van der Waals surface area contributed by atoms with E-state index in [2.05, 4.69) is 4.98 Å². The summed E-state index contributed by atoms with van der Waals surface area (Å²) in [5.74, 6) is -1.46. The van der Waals surface area contributed by atoms with Crippen LogP contribution in [0.3, 0.4) is 0 Å². The molecule has 0 saturated heterocycles. The summed E-state index contributed by atoms with van der Waals surface area (Å²) in [6.45, 7) is 0. The highest BCUT2D eigenvalue weighted by atomic mass is 19.2. The van der Waals surface area contributed by atoms with Gasteiger partial charge in [-0.05, 0) is 30.3 Å². The third-order valence-corrected chi connectivity index (χ3v) is 2.87. The fourth-order valence-electron chi connectivity index (χ4n) is 1.99. The highest BCUT2D eigenvalue weighted by Crippen LogP contribution is 2.23. The lowest BCUT2D eigenvalue weighted by Gasteiger charge is -2.01. The second-order valence-corrected chi connectivity index (χ2v) is 4.02. The first kappa shape index (κ1) is 11.5. The van der Waals surface area contributed by atoms with Crippen LogP contribution in [0.25, 0.3) is 16.9 Å². The molecule has 0 unspecified atom stereocenters. The van der Waals surface area contributed by atoms with E-state index in [9.17, 15) is 13.6 Å². The minimum atomic E-state index is -0.946. The fourth-order valence-corrected chi connectivity index (χ4v) is 1.99. The molecule has 0 bridgehead atoms. The van der Waals surface area contributed by atoms with Crippen molar-refractivity contribution in [1.29, 1.82) is 0 Å². The molecule has 0 aliphatic carbocycles. The fraction of sp³-hybridized carbons (Fsp3) is 0. The van der Waals surface area contributed by atoms with E-state index in [-0.39, 0.29) is 5.69 Å². The zero-order valence-corrected chi connectivity index (χ0v) is 9.68. The molecule has 5 heteroatoms. The first-order valence-corrected chi connectivity index (χ1v) is 5.58. The Morgan fingerprint density at radius 3 is 2.68 bits per heavy atom. The molecule has 3 aromatic rings. The topological polar surface area (TPSA) is 34.4 Å². The number of hydrogen-bond acceptors (Lipinski definition) is 2. The average Bonchev–Trinajstić information content (AvgIpc) is 2.81. The van der Waals surface area contributed by atoms with Crippen LogP contribution in [-0.2, 0) is 0 Å². The number of carbonyl (C=O) groups is 1. The third-order valence-electron chi connectivity index (χ3n) is 2.87. The molecule has 0 radical (unpaired) electrons. The van der Waals surface area contributed by atoms with Gasteiger partial charge in [-0.3, -0.25) is 9.20 Å². The molecule has 0 spiro atoms. The van der Waals surface area contributed by atoms with Crippen LogP contribution in [0.4, 0.5) is 8.78 Å². The first-order valence-electron chi connectivity index (χ1n) is 5.58. The number of imidazole rings is 1. The number of nitrogens with zero attached hydrogens (tertiary/aromatic N) is 2. The van der Waals surface area contributed by atoms with Crippen molar-refractivity contribution in [1.82, 2.24) is 9.38 Å². The maximum Gasteiger partial charge on any atom is 0.170 e. The van der Waals surface area contributed by atoms with Gasteiger partial charge in [-0.25, -0.2) is 13.8 Å². The van der Waals surface area contributed by atoms with Crippen LogP contribution in [-0.4, -0.2) is 15.7 Å². The Balaban J connectivity index is 2.30. The normalized spacial score (nSPS) is 10.8. The molecule has 0 aliphatic rings. The van der Waals surface area contributed by atoms with Crippen molar-refractivity contribution >= 4 is 11.8 Å². The molecule has 0 aliphatic heterocycles. The van der Waals surface area contributed by atoms with Crippen molar-refractivity contribution in [2.24, 2.45) is 0 Å². The molecular weight excluding hydrogens is 250 g/mol. The Morgan fingerprint density at radius 2 is 1.95 bits per heavy atom. The van der Waals surface area contributed by atoms with Crippen LogP contribution >= 0.6 is 0 Å². The maximum absolute atomic E-state index is 13.3. The molecule has 94 valence electrons. The van der Waals surface area contributed by atoms with Gasteiger partial charge in [0.05, 0.1) is 5.52 Å². The van der Waals surface area contributed by atoms with E-state index in [0.717, 1.165) is 12.1 Å². The third kappa shape index (κ3) is 1.79. The summed E-state index contributed by atoms with van der Waals surface area (Å²) in [5, 5.41) is 0. The molecule has 3 nitrogen and oxygen atoms in total. The molecule has 0 amide bonds. The number of hydrogen-bond donors (Lipinski definition) is 0. The standard InChI is InChI=1S/C14H8F2N2O/c15-10-5-4-9(7-11(10)16)14-17-12(8-19)13-3-1-2-6-18(13)14/h1-8H. The second kappa shape index (κ2) is 4.28. The smallest absolute Gasteiger partial charge is 0.170 e. The second-order valence-electron chi connectivity index (χ2n) is 4.02. The van der Waals surface area contributed by atoms with Crippen molar-refractivity contribution in [3.8, 4) is 11.4 Å². The SMILES string of the molecule is O=Cc1nc(-c2ccc(F)c(F)c2)n2ccccc12. The molecule has 0 atom stereocenters. The number of rotatable bonds is 2. The molecule has 2 heterocycles. The Kier molecular flexibility index (Phi) is 2.59. The molecule has 0 saturated carbocycles. The predicted molar refractivity (Wildman–Crippen MR) is 65.9 cm³/mol.